The second kappa shape index (κ2) is 8.40. The number of nitrogens with zero attached hydrogens (tertiary/aromatic N) is 1. The molecule has 0 aliphatic heterocycles. The van der Waals surface area contributed by atoms with Gasteiger partial charge in [-0.05, 0) is 31.9 Å². The van der Waals surface area contributed by atoms with E-state index in [0.717, 1.165) is 25.7 Å². The van der Waals surface area contributed by atoms with Crippen LogP contribution in [0.5, 0.6) is 5.75 Å². The van der Waals surface area contributed by atoms with Gasteiger partial charge in [0.15, 0.2) is 0 Å². The van der Waals surface area contributed by atoms with Crippen molar-refractivity contribution in [1.82, 2.24) is 0 Å². The van der Waals surface area contributed by atoms with Crippen LogP contribution in [0.4, 0.5) is 11.4 Å². The fraction of sp³-hybridized carbons (Fsp3) is 0.600. The van der Waals surface area contributed by atoms with Crippen LogP contribution in [-0.2, 0) is 0 Å². The fourth-order valence-electron chi connectivity index (χ4n) is 2.25. The summed E-state index contributed by atoms with van der Waals surface area (Å²) in [5.41, 5.74) is 0.651. The molecule has 0 spiro atoms. The first-order valence-corrected chi connectivity index (χ1v) is 7.30. The zero-order valence-electron chi connectivity index (χ0n) is 12.5. The Morgan fingerprint density at radius 1 is 1.25 bits per heavy atom. The third kappa shape index (κ3) is 4.72. The highest BCUT2D eigenvalue weighted by atomic mass is 16.6. The van der Waals surface area contributed by atoms with E-state index in [0.29, 0.717) is 18.0 Å². The lowest BCUT2D eigenvalue weighted by molar-refractivity contribution is -0.384. The van der Waals surface area contributed by atoms with E-state index in [-0.39, 0.29) is 16.7 Å². The number of nitro benzene ring substituents is 1. The Kier molecular flexibility index (Phi) is 6.84. The lowest BCUT2D eigenvalue weighted by Gasteiger charge is -2.19. The first-order chi connectivity index (χ1) is 9.62. The second-order valence-corrected chi connectivity index (χ2v) is 4.79. The van der Waals surface area contributed by atoms with Gasteiger partial charge in [-0.3, -0.25) is 10.1 Å². The maximum atomic E-state index is 11.2. The minimum Gasteiger partial charge on any atom is -0.494 e. The number of rotatable bonds is 9. The highest BCUT2D eigenvalue weighted by Crippen LogP contribution is 2.30. The van der Waals surface area contributed by atoms with Crippen molar-refractivity contribution in [3.8, 4) is 5.75 Å². The molecule has 0 saturated heterocycles. The van der Waals surface area contributed by atoms with Crippen LogP contribution in [0.1, 0.15) is 46.5 Å². The molecule has 0 fully saturated rings. The normalized spacial score (nSPS) is 10.6. The number of hydrogen-bond donors (Lipinski definition) is 1. The number of ether oxygens (including phenoxy) is 1. The molecular formula is C15H24N2O3. The van der Waals surface area contributed by atoms with Crippen LogP contribution in [0.2, 0.25) is 0 Å². The maximum absolute atomic E-state index is 11.2. The summed E-state index contributed by atoms with van der Waals surface area (Å²) in [5, 5.41) is 14.5. The Labute approximate surface area is 120 Å². The molecule has 20 heavy (non-hydrogen) atoms. The van der Waals surface area contributed by atoms with Crippen molar-refractivity contribution in [3.05, 3.63) is 28.3 Å². The van der Waals surface area contributed by atoms with Gasteiger partial charge in [-0.25, -0.2) is 0 Å². The molecule has 0 amide bonds. The molecule has 0 unspecified atom stereocenters. The summed E-state index contributed by atoms with van der Waals surface area (Å²) in [4.78, 5) is 10.8. The average molecular weight is 280 g/mol. The van der Waals surface area contributed by atoms with E-state index in [2.05, 4.69) is 19.2 Å². The molecule has 1 aromatic carbocycles. The van der Waals surface area contributed by atoms with E-state index in [1.165, 1.54) is 6.07 Å². The van der Waals surface area contributed by atoms with Gasteiger partial charge in [0.25, 0.3) is 5.69 Å². The van der Waals surface area contributed by atoms with Crippen LogP contribution in [0.15, 0.2) is 18.2 Å². The molecule has 5 nitrogen and oxygen atoms in total. The molecule has 0 radical (unpaired) electrons. The van der Waals surface area contributed by atoms with Crippen LogP contribution in [0.25, 0.3) is 0 Å². The number of benzene rings is 1. The number of anilines is 1. The molecule has 0 aromatic heterocycles. The van der Waals surface area contributed by atoms with Gasteiger partial charge in [0.05, 0.1) is 17.6 Å². The quantitative estimate of drug-likeness (QED) is 0.538. The lowest BCUT2D eigenvalue weighted by atomic mass is 10.1. The lowest BCUT2D eigenvalue weighted by Crippen LogP contribution is -2.19. The molecule has 1 rings (SSSR count). The van der Waals surface area contributed by atoms with Crippen molar-refractivity contribution in [2.45, 2.75) is 52.5 Å². The Bertz CT molecular complexity index is 429. The highest BCUT2D eigenvalue weighted by molar-refractivity contribution is 5.64. The first kappa shape index (κ1) is 16.3. The Morgan fingerprint density at radius 2 is 1.90 bits per heavy atom. The van der Waals surface area contributed by atoms with E-state index in [1.807, 2.05) is 6.92 Å². The van der Waals surface area contributed by atoms with Crippen LogP contribution >= 0.6 is 0 Å². The molecule has 0 saturated carbocycles. The Morgan fingerprint density at radius 3 is 2.40 bits per heavy atom. The highest BCUT2D eigenvalue weighted by Gasteiger charge is 2.17. The smallest absolute Gasteiger partial charge is 0.296 e. The van der Waals surface area contributed by atoms with Crippen molar-refractivity contribution in [2.75, 3.05) is 11.9 Å². The summed E-state index contributed by atoms with van der Waals surface area (Å²) in [6, 6.07) is 5.28. The minimum atomic E-state index is -0.361. The van der Waals surface area contributed by atoms with Crippen LogP contribution in [-0.4, -0.2) is 17.6 Å². The molecular weight excluding hydrogens is 256 g/mol. The van der Waals surface area contributed by atoms with Gasteiger partial charge in [-0.2, -0.15) is 0 Å². The van der Waals surface area contributed by atoms with E-state index in [4.69, 9.17) is 4.74 Å². The number of nitrogens with one attached hydrogen (secondary N) is 1. The van der Waals surface area contributed by atoms with E-state index in [1.54, 1.807) is 12.1 Å². The van der Waals surface area contributed by atoms with Crippen molar-refractivity contribution in [1.29, 1.82) is 0 Å². The zero-order valence-corrected chi connectivity index (χ0v) is 12.5. The third-order valence-corrected chi connectivity index (χ3v) is 3.11. The monoisotopic (exact) mass is 280 g/mol. The SMILES string of the molecule is CCCC(CCC)Nc1ccc(OCC)cc1[N+](=O)[O-]. The number of nitro groups is 1. The minimum absolute atomic E-state index is 0.0770. The first-order valence-electron chi connectivity index (χ1n) is 7.30. The summed E-state index contributed by atoms with van der Waals surface area (Å²) in [6.45, 7) is 6.60. The number of hydrogen-bond acceptors (Lipinski definition) is 4. The van der Waals surface area contributed by atoms with Crippen molar-refractivity contribution >= 4 is 11.4 Å². The van der Waals surface area contributed by atoms with Crippen LogP contribution < -0.4 is 10.1 Å². The van der Waals surface area contributed by atoms with Gasteiger partial charge in [-0.1, -0.05) is 26.7 Å². The molecule has 0 aliphatic rings. The summed E-state index contributed by atoms with van der Waals surface area (Å²) < 4.78 is 5.32. The predicted octanol–water partition coefficient (Wildman–Crippen LogP) is 4.37. The maximum Gasteiger partial charge on any atom is 0.296 e. The van der Waals surface area contributed by atoms with E-state index >= 15 is 0 Å². The molecule has 0 aliphatic carbocycles. The van der Waals surface area contributed by atoms with Gasteiger partial charge in [-0.15, -0.1) is 0 Å². The Hall–Kier alpha value is -1.78. The molecule has 1 N–H and O–H groups in total. The summed E-state index contributed by atoms with van der Waals surface area (Å²) in [5.74, 6) is 0.535. The molecule has 0 heterocycles. The summed E-state index contributed by atoms with van der Waals surface area (Å²) in [6.07, 6.45) is 4.14. The molecule has 1 aromatic rings. The topological polar surface area (TPSA) is 64.4 Å². The molecule has 5 heteroatoms. The second-order valence-electron chi connectivity index (χ2n) is 4.79. The Balaban J connectivity index is 2.94. The molecule has 0 atom stereocenters. The summed E-state index contributed by atoms with van der Waals surface area (Å²) >= 11 is 0. The van der Waals surface area contributed by atoms with Crippen molar-refractivity contribution in [2.24, 2.45) is 0 Å². The van der Waals surface area contributed by atoms with Crippen LogP contribution in [0.3, 0.4) is 0 Å². The fourth-order valence-corrected chi connectivity index (χ4v) is 2.25. The largest absolute Gasteiger partial charge is 0.494 e. The third-order valence-electron chi connectivity index (χ3n) is 3.11. The van der Waals surface area contributed by atoms with Gasteiger partial charge < -0.3 is 10.1 Å². The van der Waals surface area contributed by atoms with Gasteiger partial charge in [0, 0.05) is 6.04 Å². The van der Waals surface area contributed by atoms with Crippen LogP contribution in [0, 0.1) is 10.1 Å². The van der Waals surface area contributed by atoms with Crippen molar-refractivity contribution < 1.29 is 9.66 Å². The van der Waals surface area contributed by atoms with Gasteiger partial charge >= 0.3 is 0 Å². The van der Waals surface area contributed by atoms with Gasteiger partial charge in [0.2, 0.25) is 0 Å². The summed E-state index contributed by atoms with van der Waals surface area (Å²) in [7, 11) is 0. The standard InChI is InChI=1S/C15H24N2O3/c1-4-7-12(8-5-2)16-14-10-9-13(20-6-3)11-15(14)17(18)19/h9-12,16H,4-8H2,1-3H3. The van der Waals surface area contributed by atoms with E-state index in [9.17, 15) is 10.1 Å². The van der Waals surface area contributed by atoms with Gasteiger partial charge in [0.1, 0.15) is 11.4 Å². The van der Waals surface area contributed by atoms with Crippen molar-refractivity contribution in [3.63, 3.8) is 0 Å². The zero-order chi connectivity index (χ0) is 15.0. The predicted molar refractivity (Wildman–Crippen MR) is 81.5 cm³/mol. The molecule has 0 bridgehead atoms. The average Bonchev–Trinajstić information content (AvgIpc) is 2.41. The molecule has 112 valence electrons. The van der Waals surface area contributed by atoms with E-state index < -0.39 is 0 Å².